The van der Waals surface area contributed by atoms with Crippen molar-refractivity contribution in [1.29, 1.82) is 0 Å². The van der Waals surface area contributed by atoms with Crippen molar-refractivity contribution in [3.63, 3.8) is 0 Å². The van der Waals surface area contributed by atoms with Crippen molar-refractivity contribution >= 4 is 32.6 Å². The molecule has 33 heavy (non-hydrogen) atoms. The highest BCUT2D eigenvalue weighted by Crippen LogP contribution is 2.22. The molecule has 168 valence electrons. The van der Waals surface area contributed by atoms with Gasteiger partial charge in [-0.15, -0.1) is 5.10 Å². The van der Waals surface area contributed by atoms with E-state index in [4.69, 9.17) is 4.74 Å². The molecule has 11 heteroatoms. The number of para-hydroxylation sites is 1. The average molecular weight is 468 g/mol. The number of aromatic nitrogens is 3. The zero-order valence-electron chi connectivity index (χ0n) is 17.2. The Bertz CT molecular complexity index is 1540. The van der Waals surface area contributed by atoms with Gasteiger partial charge in [-0.25, -0.2) is 17.6 Å². The molecule has 0 aliphatic rings. The molecule has 0 spiro atoms. The van der Waals surface area contributed by atoms with Gasteiger partial charge in [-0.05, 0) is 55.0 Å². The quantitative estimate of drug-likeness (QED) is 0.432. The lowest BCUT2D eigenvalue weighted by atomic mass is 10.2. The maximum atomic E-state index is 13.5. The molecule has 0 bridgehead atoms. The third-order valence-electron chi connectivity index (χ3n) is 4.78. The number of nitrogens with one attached hydrogen (secondary N) is 1. The number of aryl methyl sites for hydroxylation is 1. The molecule has 0 unspecified atom stereocenters. The third-order valence-corrected chi connectivity index (χ3v) is 6.14. The largest absolute Gasteiger partial charge is 0.438 e. The number of fused-ring (bicyclic) bond motifs is 1. The summed E-state index contributed by atoms with van der Waals surface area (Å²) in [7, 11) is -4.11. The summed E-state index contributed by atoms with van der Waals surface area (Å²) in [4.78, 5) is 25.0. The van der Waals surface area contributed by atoms with Gasteiger partial charge in [0.1, 0.15) is 11.3 Å². The maximum Gasteiger partial charge on any atom is 0.342 e. The zero-order valence-corrected chi connectivity index (χ0v) is 18.0. The fraction of sp³-hybridized carbons (Fsp3) is 0.0909. The number of sulfonamides is 1. The predicted octanol–water partition coefficient (Wildman–Crippen LogP) is 2.85. The number of rotatable bonds is 6. The minimum absolute atomic E-state index is 0.0404. The molecule has 3 aromatic carbocycles. The van der Waals surface area contributed by atoms with E-state index in [-0.39, 0.29) is 21.7 Å². The number of halogens is 1. The third kappa shape index (κ3) is 4.58. The van der Waals surface area contributed by atoms with Crippen LogP contribution in [0.2, 0.25) is 0 Å². The lowest BCUT2D eigenvalue weighted by Crippen LogP contribution is -2.26. The number of esters is 1. The Kier molecular flexibility index (Phi) is 5.88. The summed E-state index contributed by atoms with van der Waals surface area (Å²) in [5, 5.41) is 7.96. The van der Waals surface area contributed by atoms with Gasteiger partial charge in [0, 0.05) is 0 Å². The van der Waals surface area contributed by atoms with Crippen LogP contribution >= 0.6 is 0 Å². The average Bonchev–Trinajstić information content (AvgIpc) is 2.80. The van der Waals surface area contributed by atoms with E-state index in [0.29, 0.717) is 10.9 Å². The number of ether oxygens (including phenoxy) is 1. The van der Waals surface area contributed by atoms with E-state index in [2.05, 4.69) is 15.0 Å². The van der Waals surface area contributed by atoms with Gasteiger partial charge in [0.2, 0.25) is 0 Å². The Morgan fingerprint density at radius 3 is 2.61 bits per heavy atom. The van der Waals surface area contributed by atoms with Crippen LogP contribution in [0.4, 0.5) is 10.1 Å². The van der Waals surface area contributed by atoms with Gasteiger partial charge in [-0.3, -0.25) is 9.52 Å². The molecular formula is C22H17FN4O5S. The van der Waals surface area contributed by atoms with Crippen LogP contribution in [0, 0.1) is 12.7 Å². The van der Waals surface area contributed by atoms with Gasteiger partial charge < -0.3 is 4.74 Å². The van der Waals surface area contributed by atoms with Crippen molar-refractivity contribution in [2.24, 2.45) is 0 Å². The van der Waals surface area contributed by atoms with Gasteiger partial charge in [-0.2, -0.15) is 4.68 Å². The van der Waals surface area contributed by atoms with Crippen LogP contribution < -0.4 is 10.3 Å². The lowest BCUT2D eigenvalue weighted by molar-refractivity contribution is 0.0337. The van der Waals surface area contributed by atoms with E-state index < -0.39 is 34.1 Å². The first-order valence-electron chi connectivity index (χ1n) is 9.64. The summed E-state index contributed by atoms with van der Waals surface area (Å²) in [6, 6.07) is 15.8. The molecule has 0 aliphatic heterocycles. The minimum atomic E-state index is -4.11. The van der Waals surface area contributed by atoms with E-state index in [1.807, 2.05) is 0 Å². The summed E-state index contributed by atoms with van der Waals surface area (Å²) < 4.78 is 47.4. The highest BCUT2D eigenvalue weighted by atomic mass is 32.2. The Hall–Kier alpha value is -4.12. The second kappa shape index (κ2) is 8.79. The van der Waals surface area contributed by atoms with Crippen LogP contribution in [0.25, 0.3) is 10.9 Å². The Morgan fingerprint density at radius 1 is 1.09 bits per heavy atom. The summed E-state index contributed by atoms with van der Waals surface area (Å²) in [6.45, 7) is 0.922. The number of nitrogens with zero attached hydrogens (tertiary/aromatic N) is 3. The Morgan fingerprint density at radius 2 is 1.82 bits per heavy atom. The van der Waals surface area contributed by atoms with Crippen molar-refractivity contribution in [1.82, 2.24) is 15.0 Å². The standard InChI is InChI=1S/C22H17FN4O5S/c1-14-12-15(10-11-18(14)23)33(30,31)25-20-9-5-3-7-17(20)22(29)32-13-27-21(28)16-6-2-4-8-19(16)24-26-27/h2-12,25H,13H2,1H3. The fourth-order valence-electron chi connectivity index (χ4n) is 3.04. The van der Waals surface area contributed by atoms with Crippen LogP contribution in [-0.2, 0) is 21.5 Å². The number of carbonyl (C=O) groups excluding carboxylic acids is 1. The van der Waals surface area contributed by atoms with E-state index in [1.165, 1.54) is 37.3 Å². The van der Waals surface area contributed by atoms with E-state index in [0.717, 1.165) is 16.8 Å². The number of hydrogen-bond donors (Lipinski definition) is 1. The van der Waals surface area contributed by atoms with E-state index >= 15 is 0 Å². The molecule has 4 aromatic rings. The molecule has 0 saturated heterocycles. The topological polar surface area (TPSA) is 120 Å². The molecule has 0 saturated carbocycles. The SMILES string of the molecule is Cc1cc(S(=O)(=O)Nc2ccccc2C(=O)OCn2nnc3ccccc3c2=O)ccc1F. The summed E-state index contributed by atoms with van der Waals surface area (Å²) >= 11 is 0. The van der Waals surface area contributed by atoms with Crippen molar-refractivity contribution in [2.75, 3.05) is 4.72 Å². The smallest absolute Gasteiger partial charge is 0.342 e. The van der Waals surface area contributed by atoms with Crippen LogP contribution in [-0.4, -0.2) is 29.4 Å². The second-order valence-corrected chi connectivity index (χ2v) is 8.72. The number of carbonyl (C=O) groups is 1. The minimum Gasteiger partial charge on any atom is -0.438 e. The van der Waals surface area contributed by atoms with Gasteiger partial charge in [0.15, 0.2) is 6.73 Å². The second-order valence-electron chi connectivity index (χ2n) is 7.03. The Labute approximate surface area is 187 Å². The molecule has 4 rings (SSSR count). The number of benzene rings is 3. The molecule has 0 atom stereocenters. The molecule has 1 heterocycles. The van der Waals surface area contributed by atoms with E-state index in [1.54, 1.807) is 24.3 Å². The monoisotopic (exact) mass is 468 g/mol. The molecule has 0 radical (unpaired) electrons. The molecular weight excluding hydrogens is 451 g/mol. The highest BCUT2D eigenvalue weighted by molar-refractivity contribution is 7.92. The summed E-state index contributed by atoms with van der Waals surface area (Å²) in [5.41, 5.74) is -0.0504. The van der Waals surface area contributed by atoms with Gasteiger partial charge in [-0.1, -0.05) is 29.5 Å². The number of hydrogen-bond acceptors (Lipinski definition) is 7. The number of anilines is 1. The lowest BCUT2D eigenvalue weighted by Gasteiger charge is -2.13. The van der Waals surface area contributed by atoms with Gasteiger partial charge in [0.25, 0.3) is 15.6 Å². The zero-order chi connectivity index (χ0) is 23.6. The Balaban J connectivity index is 1.56. The molecule has 1 N–H and O–H groups in total. The predicted molar refractivity (Wildman–Crippen MR) is 118 cm³/mol. The van der Waals surface area contributed by atoms with Crippen LogP contribution in [0.15, 0.2) is 76.4 Å². The van der Waals surface area contributed by atoms with Crippen molar-refractivity contribution in [2.45, 2.75) is 18.6 Å². The van der Waals surface area contributed by atoms with Crippen molar-refractivity contribution in [3.05, 3.63) is 94.0 Å². The molecule has 9 nitrogen and oxygen atoms in total. The first kappa shape index (κ1) is 22.1. The summed E-state index contributed by atoms with van der Waals surface area (Å²) in [5.74, 6) is -1.42. The normalized spacial score (nSPS) is 11.3. The molecule has 1 aromatic heterocycles. The van der Waals surface area contributed by atoms with Gasteiger partial charge in [0.05, 0.1) is 21.5 Å². The molecule has 0 aliphatic carbocycles. The first-order valence-corrected chi connectivity index (χ1v) is 11.1. The first-order chi connectivity index (χ1) is 15.8. The van der Waals surface area contributed by atoms with Crippen molar-refractivity contribution < 1.29 is 22.3 Å². The van der Waals surface area contributed by atoms with Crippen molar-refractivity contribution in [3.8, 4) is 0 Å². The van der Waals surface area contributed by atoms with E-state index in [9.17, 15) is 22.4 Å². The maximum absolute atomic E-state index is 13.5. The van der Waals surface area contributed by atoms with Crippen LogP contribution in [0.5, 0.6) is 0 Å². The fourth-order valence-corrected chi connectivity index (χ4v) is 4.21. The van der Waals surface area contributed by atoms with Crippen LogP contribution in [0.3, 0.4) is 0 Å². The van der Waals surface area contributed by atoms with Crippen LogP contribution in [0.1, 0.15) is 15.9 Å². The van der Waals surface area contributed by atoms with Gasteiger partial charge >= 0.3 is 5.97 Å². The molecule has 0 fully saturated rings. The summed E-state index contributed by atoms with van der Waals surface area (Å²) in [6.07, 6.45) is 0. The molecule has 0 amide bonds. The highest BCUT2D eigenvalue weighted by Gasteiger charge is 2.20.